The van der Waals surface area contributed by atoms with Gasteiger partial charge in [-0.3, -0.25) is 5.43 Å². The van der Waals surface area contributed by atoms with E-state index in [2.05, 4.69) is 21.2 Å². The van der Waals surface area contributed by atoms with Gasteiger partial charge in [-0.1, -0.05) is 18.2 Å². The largest absolute Gasteiger partial charge is 0.490 e. The van der Waals surface area contributed by atoms with Gasteiger partial charge in [-0.05, 0) is 62.7 Å². The van der Waals surface area contributed by atoms with Crippen molar-refractivity contribution in [3.05, 3.63) is 82.8 Å². The quantitative estimate of drug-likeness (QED) is 0.0975. The zero-order chi connectivity index (χ0) is 31.6. The Morgan fingerprint density at radius 1 is 1.05 bits per heavy atom. The fourth-order valence-corrected chi connectivity index (χ4v) is 4.37. The molecule has 2 heterocycles. The van der Waals surface area contributed by atoms with Crippen molar-refractivity contribution in [3.63, 3.8) is 0 Å². The highest BCUT2D eigenvalue weighted by Crippen LogP contribution is 2.35. The lowest BCUT2D eigenvalue weighted by Crippen LogP contribution is -2.45. The molecule has 0 bridgehead atoms. The number of hydrazone groups is 1. The minimum absolute atomic E-state index is 0.177. The van der Waals surface area contributed by atoms with Crippen molar-refractivity contribution < 1.29 is 42.9 Å². The standard InChI is InChI=1S/C31H34N4O9/c1-5-41-25-15-21(28-27(30(38)40-4)18(3)33-31(39)34-28)11-13-24(25)43-17-26(36)35-32-16-22-12-14-23(44-22)19-7-9-20(10-8-19)29(37)42-6-2/h7-16,26,28,35-36H,5-6,17H2,1-4H3,(H2,33,34,39)/b32-16-/t26-,28-/m1/s1. The summed E-state index contributed by atoms with van der Waals surface area (Å²) in [5, 5.41) is 19.7. The van der Waals surface area contributed by atoms with E-state index in [9.17, 15) is 19.5 Å². The van der Waals surface area contributed by atoms with Crippen molar-refractivity contribution in [2.24, 2.45) is 5.10 Å². The fraction of sp³-hybridized carbons (Fsp3) is 0.290. The first-order valence-corrected chi connectivity index (χ1v) is 13.8. The summed E-state index contributed by atoms with van der Waals surface area (Å²) in [6.45, 7) is 5.62. The van der Waals surface area contributed by atoms with Gasteiger partial charge in [-0.25, -0.2) is 14.4 Å². The van der Waals surface area contributed by atoms with Crippen molar-refractivity contribution in [1.82, 2.24) is 16.1 Å². The summed E-state index contributed by atoms with van der Waals surface area (Å²) in [5.74, 6) is 0.735. The zero-order valence-corrected chi connectivity index (χ0v) is 24.7. The number of methoxy groups -OCH3 is 1. The van der Waals surface area contributed by atoms with E-state index >= 15 is 0 Å². The number of amides is 2. The number of aliphatic hydroxyl groups is 1. The van der Waals surface area contributed by atoms with Gasteiger partial charge in [0.2, 0.25) is 0 Å². The highest BCUT2D eigenvalue weighted by molar-refractivity contribution is 5.95. The summed E-state index contributed by atoms with van der Waals surface area (Å²) < 4.78 is 27.2. The molecule has 0 fully saturated rings. The predicted molar refractivity (Wildman–Crippen MR) is 159 cm³/mol. The number of furan rings is 1. The monoisotopic (exact) mass is 606 g/mol. The summed E-state index contributed by atoms with van der Waals surface area (Å²) in [6, 6.07) is 14.1. The molecule has 13 nitrogen and oxygen atoms in total. The molecule has 1 aliphatic heterocycles. The summed E-state index contributed by atoms with van der Waals surface area (Å²) in [5.41, 5.74) is 5.00. The Morgan fingerprint density at radius 3 is 2.52 bits per heavy atom. The topological polar surface area (TPSA) is 170 Å². The van der Waals surface area contributed by atoms with Crippen molar-refractivity contribution in [3.8, 4) is 22.8 Å². The van der Waals surface area contributed by atoms with E-state index in [1.54, 1.807) is 75.4 Å². The van der Waals surface area contributed by atoms with E-state index in [0.29, 0.717) is 53.1 Å². The Labute approximate surface area is 253 Å². The Balaban J connectivity index is 1.36. The van der Waals surface area contributed by atoms with Crippen LogP contribution in [0.2, 0.25) is 0 Å². The van der Waals surface area contributed by atoms with Gasteiger partial charge in [0.1, 0.15) is 18.1 Å². The third-order valence-corrected chi connectivity index (χ3v) is 6.39. The van der Waals surface area contributed by atoms with Gasteiger partial charge in [0.25, 0.3) is 0 Å². The summed E-state index contributed by atoms with van der Waals surface area (Å²) in [4.78, 5) is 36.4. The maximum absolute atomic E-state index is 12.4. The minimum atomic E-state index is -1.18. The van der Waals surface area contributed by atoms with Crippen molar-refractivity contribution >= 4 is 24.2 Å². The van der Waals surface area contributed by atoms with E-state index in [-0.39, 0.29) is 18.1 Å². The van der Waals surface area contributed by atoms with E-state index in [1.807, 2.05) is 0 Å². The SMILES string of the molecule is CCOC(=O)c1ccc(-c2ccc(/C=N\N[C@H](O)COc3ccc([C@H]4NC(=O)NC(C)=C4C(=O)OC)cc3OCC)o2)cc1. The number of benzene rings is 2. The van der Waals surface area contributed by atoms with Crippen LogP contribution < -0.4 is 25.5 Å². The van der Waals surface area contributed by atoms with E-state index in [1.165, 1.54) is 13.3 Å². The number of nitrogens with zero attached hydrogens (tertiary/aromatic N) is 1. The van der Waals surface area contributed by atoms with Crippen LogP contribution in [0.1, 0.15) is 48.5 Å². The van der Waals surface area contributed by atoms with Gasteiger partial charge >= 0.3 is 18.0 Å². The maximum Gasteiger partial charge on any atom is 0.338 e. The van der Waals surface area contributed by atoms with Crippen LogP contribution in [0.5, 0.6) is 11.5 Å². The van der Waals surface area contributed by atoms with Crippen LogP contribution in [0.25, 0.3) is 11.3 Å². The second kappa shape index (κ2) is 14.7. The number of nitrogens with one attached hydrogen (secondary N) is 3. The Kier molecular flexibility index (Phi) is 10.6. The molecule has 0 saturated carbocycles. The lowest BCUT2D eigenvalue weighted by atomic mass is 9.95. The molecule has 44 heavy (non-hydrogen) atoms. The van der Waals surface area contributed by atoms with E-state index in [4.69, 9.17) is 23.4 Å². The number of hydrogen-bond acceptors (Lipinski definition) is 11. The average Bonchev–Trinajstić information content (AvgIpc) is 3.49. The van der Waals surface area contributed by atoms with Crippen molar-refractivity contribution in [2.75, 3.05) is 26.9 Å². The highest BCUT2D eigenvalue weighted by atomic mass is 16.5. The number of ether oxygens (including phenoxy) is 4. The Morgan fingerprint density at radius 2 is 1.82 bits per heavy atom. The van der Waals surface area contributed by atoms with Crippen LogP contribution in [0.3, 0.4) is 0 Å². The Bertz CT molecular complexity index is 1550. The molecule has 0 saturated heterocycles. The molecule has 2 aromatic carbocycles. The lowest BCUT2D eigenvalue weighted by Gasteiger charge is -2.28. The smallest absolute Gasteiger partial charge is 0.338 e. The molecule has 13 heteroatoms. The number of esters is 2. The third-order valence-electron chi connectivity index (χ3n) is 6.39. The number of rotatable bonds is 13. The van der Waals surface area contributed by atoms with Crippen LogP contribution in [0.15, 0.2) is 75.4 Å². The first-order valence-electron chi connectivity index (χ1n) is 13.8. The van der Waals surface area contributed by atoms with Gasteiger partial charge < -0.3 is 39.1 Å². The van der Waals surface area contributed by atoms with Crippen LogP contribution in [-0.2, 0) is 14.3 Å². The van der Waals surface area contributed by atoms with Crippen LogP contribution in [0.4, 0.5) is 4.79 Å². The van der Waals surface area contributed by atoms with E-state index < -0.39 is 24.3 Å². The molecule has 0 aliphatic carbocycles. The molecule has 0 spiro atoms. The maximum atomic E-state index is 12.4. The van der Waals surface area contributed by atoms with Gasteiger partial charge in [0, 0.05) is 11.3 Å². The first-order chi connectivity index (χ1) is 21.2. The van der Waals surface area contributed by atoms with Crippen molar-refractivity contribution in [2.45, 2.75) is 33.0 Å². The number of urea groups is 1. The van der Waals surface area contributed by atoms with E-state index in [0.717, 1.165) is 5.56 Å². The molecular weight excluding hydrogens is 572 g/mol. The van der Waals surface area contributed by atoms with Crippen LogP contribution >= 0.6 is 0 Å². The van der Waals surface area contributed by atoms with Gasteiger partial charge in [0.15, 0.2) is 17.7 Å². The normalized spacial score (nSPS) is 15.3. The highest BCUT2D eigenvalue weighted by Gasteiger charge is 2.32. The number of hydrogen-bond donors (Lipinski definition) is 4. The number of carbonyl (C=O) groups excluding carboxylic acids is 3. The summed E-state index contributed by atoms with van der Waals surface area (Å²) >= 11 is 0. The average molecular weight is 607 g/mol. The van der Waals surface area contributed by atoms with Gasteiger partial charge in [0.05, 0.1) is 43.7 Å². The predicted octanol–water partition coefficient (Wildman–Crippen LogP) is 3.64. The molecule has 1 aliphatic rings. The molecule has 1 aromatic heterocycles. The molecule has 0 radical (unpaired) electrons. The molecule has 2 atom stereocenters. The molecule has 0 unspecified atom stereocenters. The molecular formula is C31H34N4O9. The molecule has 4 N–H and O–H groups in total. The molecule has 2 amide bonds. The first kappa shape index (κ1) is 31.6. The number of carbonyl (C=O) groups is 3. The second-order valence-corrected chi connectivity index (χ2v) is 9.41. The fourth-order valence-electron chi connectivity index (χ4n) is 4.37. The van der Waals surface area contributed by atoms with Crippen molar-refractivity contribution in [1.29, 1.82) is 0 Å². The number of aliphatic hydroxyl groups excluding tert-OH is 1. The van der Waals surface area contributed by atoms with Crippen LogP contribution in [0, 0.1) is 0 Å². The molecule has 3 aromatic rings. The zero-order valence-electron chi connectivity index (χ0n) is 24.7. The molecule has 232 valence electrons. The van der Waals surface area contributed by atoms with Crippen LogP contribution in [-0.4, -0.2) is 62.4 Å². The second-order valence-electron chi connectivity index (χ2n) is 9.41. The summed E-state index contributed by atoms with van der Waals surface area (Å²) in [7, 11) is 1.27. The molecule has 4 rings (SSSR count). The summed E-state index contributed by atoms with van der Waals surface area (Å²) in [6.07, 6.45) is 0.229. The number of allylic oxidation sites excluding steroid dienone is 1. The minimum Gasteiger partial charge on any atom is -0.490 e. The van der Waals surface area contributed by atoms with Gasteiger partial charge in [-0.15, -0.1) is 0 Å². The third kappa shape index (κ3) is 7.75. The lowest BCUT2D eigenvalue weighted by molar-refractivity contribution is -0.136. The van der Waals surface area contributed by atoms with Gasteiger partial charge in [-0.2, -0.15) is 5.10 Å². The Hall–Kier alpha value is -5.30.